The van der Waals surface area contributed by atoms with Crippen LogP contribution >= 0.6 is 0 Å². The Bertz CT molecular complexity index is 1280. The zero-order chi connectivity index (χ0) is 21.2. The van der Waals surface area contributed by atoms with Gasteiger partial charge in [0.15, 0.2) is 11.6 Å². The number of hydrogen-bond donors (Lipinski definition) is 4. The van der Waals surface area contributed by atoms with Gasteiger partial charge in [-0.25, -0.2) is 0 Å². The average Bonchev–Trinajstić information content (AvgIpc) is 2.60. The summed E-state index contributed by atoms with van der Waals surface area (Å²) < 4.78 is 0. The molecule has 0 heterocycles. The van der Waals surface area contributed by atoms with E-state index < -0.39 is 45.6 Å². The Kier molecular flexibility index (Phi) is 2.89. The fourth-order valence-electron chi connectivity index (χ4n) is 5.08. The molecule has 146 valence electrons. The van der Waals surface area contributed by atoms with Gasteiger partial charge in [0, 0.05) is 22.8 Å². The third-order valence-corrected chi connectivity index (χ3v) is 6.35. The topological polar surface area (TPSA) is 132 Å². The van der Waals surface area contributed by atoms with Crippen LogP contribution in [0.4, 0.5) is 0 Å². The van der Waals surface area contributed by atoms with E-state index in [4.69, 9.17) is 0 Å². The minimum Gasteiger partial charge on any atom is -0.507 e. The fraction of sp³-hybridized carbons (Fsp3) is 0.227. The molecule has 7 nitrogen and oxygen atoms in total. The summed E-state index contributed by atoms with van der Waals surface area (Å²) in [5, 5.41) is 43.5. The largest absolute Gasteiger partial charge is 0.507 e. The Morgan fingerprint density at radius 1 is 0.793 bits per heavy atom. The molecule has 2 aromatic carbocycles. The zero-order valence-electron chi connectivity index (χ0n) is 15.7. The molecule has 1 unspecified atom stereocenters. The molecule has 3 aliphatic rings. The summed E-state index contributed by atoms with van der Waals surface area (Å²) in [6, 6.07) is 2.14. The number of benzene rings is 2. The lowest BCUT2D eigenvalue weighted by Gasteiger charge is -2.50. The molecule has 29 heavy (non-hydrogen) atoms. The molecule has 0 saturated heterocycles. The first-order chi connectivity index (χ1) is 13.4. The standard InChI is InChI=1S/C22H16O7/c1-7-4-8(23)14-17-13(7)11(26)6-12-21(2,3)20(28)16-10(25)5-9(24)15(19(14)27)18(16)22(12,17)29/h4-6,23-25,29H,1-3H3. The van der Waals surface area contributed by atoms with Crippen molar-refractivity contribution in [3.05, 3.63) is 62.7 Å². The van der Waals surface area contributed by atoms with Gasteiger partial charge in [0.05, 0.1) is 22.1 Å². The summed E-state index contributed by atoms with van der Waals surface area (Å²) in [5.41, 5.74) is -4.39. The van der Waals surface area contributed by atoms with Crippen molar-refractivity contribution in [2.75, 3.05) is 0 Å². The van der Waals surface area contributed by atoms with E-state index in [2.05, 4.69) is 0 Å². The van der Waals surface area contributed by atoms with Gasteiger partial charge >= 0.3 is 0 Å². The second-order valence-corrected chi connectivity index (χ2v) is 8.29. The van der Waals surface area contributed by atoms with Crippen LogP contribution in [0, 0.1) is 12.3 Å². The van der Waals surface area contributed by atoms with Gasteiger partial charge in [0.2, 0.25) is 5.78 Å². The van der Waals surface area contributed by atoms with Crippen molar-refractivity contribution in [3.8, 4) is 17.2 Å². The highest BCUT2D eigenvalue weighted by Crippen LogP contribution is 2.61. The molecule has 4 N–H and O–H groups in total. The van der Waals surface area contributed by atoms with Gasteiger partial charge in [-0.3, -0.25) is 14.4 Å². The van der Waals surface area contributed by atoms with Crippen molar-refractivity contribution in [3.63, 3.8) is 0 Å². The minimum atomic E-state index is -2.14. The molecule has 3 aliphatic carbocycles. The molecule has 1 atom stereocenters. The number of rotatable bonds is 0. The van der Waals surface area contributed by atoms with E-state index in [-0.39, 0.29) is 39.0 Å². The number of carbonyl (C=O) groups excluding carboxylic acids is 3. The molecule has 2 aromatic rings. The van der Waals surface area contributed by atoms with Crippen LogP contribution in [-0.4, -0.2) is 37.8 Å². The molecule has 0 fully saturated rings. The van der Waals surface area contributed by atoms with Crippen molar-refractivity contribution < 1.29 is 34.8 Å². The number of phenolic OH excluding ortho intramolecular Hbond substituents is 3. The summed E-state index contributed by atoms with van der Waals surface area (Å²) in [6.07, 6.45) is 1.18. The molecule has 5 rings (SSSR count). The van der Waals surface area contributed by atoms with E-state index in [1.54, 1.807) is 6.92 Å². The van der Waals surface area contributed by atoms with Gasteiger partial charge < -0.3 is 20.4 Å². The Balaban J connectivity index is 2.13. The first-order valence-corrected chi connectivity index (χ1v) is 8.99. The van der Waals surface area contributed by atoms with Gasteiger partial charge in [-0.2, -0.15) is 0 Å². The van der Waals surface area contributed by atoms with Crippen LogP contribution in [0.5, 0.6) is 17.2 Å². The van der Waals surface area contributed by atoms with Crippen LogP contribution in [0.2, 0.25) is 0 Å². The quantitative estimate of drug-likeness (QED) is 0.540. The second-order valence-electron chi connectivity index (χ2n) is 8.29. The number of carbonyl (C=O) groups is 3. The zero-order valence-corrected chi connectivity index (χ0v) is 15.7. The summed E-state index contributed by atoms with van der Waals surface area (Å²) in [7, 11) is 0. The van der Waals surface area contributed by atoms with Crippen LogP contribution in [0.3, 0.4) is 0 Å². The number of phenols is 3. The normalized spacial score (nSPS) is 23.0. The third kappa shape index (κ3) is 1.67. The van der Waals surface area contributed by atoms with E-state index >= 15 is 0 Å². The first-order valence-electron chi connectivity index (χ1n) is 8.99. The summed E-state index contributed by atoms with van der Waals surface area (Å²) in [4.78, 5) is 39.4. The smallest absolute Gasteiger partial charge is 0.201 e. The number of hydrogen-bond acceptors (Lipinski definition) is 7. The molecule has 0 aliphatic heterocycles. The second kappa shape index (κ2) is 4.75. The molecule has 7 heteroatoms. The number of aryl methyl sites for hydroxylation is 1. The Labute approximate surface area is 164 Å². The van der Waals surface area contributed by atoms with Crippen molar-refractivity contribution in [1.29, 1.82) is 0 Å². The van der Waals surface area contributed by atoms with Gasteiger partial charge in [0.25, 0.3) is 0 Å². The monoisotopic (exact) mass is 392 g/mol. The number of allylic oxidation sites excluding steroid dienone is 1. The van der Waals surface area contributed by atoms with Gasteiger partial charge in [-0.15, -0.1) is 0 Å². The molecular weight excluding hydrogens is 376 g/mol. The van der Waals surface area contributed by atoms with E-state index in [0.29, 0.717) is 5.56 Å². The highest BCUT2D eigenvalue weighted by molar-refractivity contribution is 6.24. The lowest BCUT2D eigenvalue weighted by Crippen LogP contribution is -2.52. The molecule has 0 bridgehead atoms. The summed E-state index contributed by atoms with van der Waals surface area (Å²) in [5.74, 6) is -3.56. The first kappa shape index (κ1) is 17.6. The lowest BCUT2D eigenvalue weighted by atomic mass is 9.53. The molecule has 0 aromatic heterocycles. The number of aliphatic hydroxyl groups is 1. The average molecular weight is 392 g/mol. The maximum atomic E-state index is 13.3. The van der Waals surface area contributed by atoms with Crippen molar-refractivity contribution >= 4 is 17.3 Å². The Morgan fingerprint density at radius 3 is 1.93 bits per heavy atom. The van der Waals surface area contributed by atoms with Crippen LogP contribution in [-0.2, 0) is 5.60 Å². The van der Waals surface area contributed by atoms with E-state index in [9.17, 15) is 34.8 Å². The predicted octanol–water partition coefficient (Wildman–Crippen LogP) is 2.24. The minimum absolute atomic E-state index is 0.0324. The van der Waals surface area contributed by atoms with Gasteiger partial charge in [-0.05, 0) is 44.1 Å². The van der Waals surface area contributed by atoms with Crippen molar-refractivity contribution in [2.45, 2.75) is 26.4 Å². The summed E-state index contributed by atoms with van der Waals surface area (Å²) >= 11 is 0. The van der Waals surface area contributed by atoms with E-state index in [1.165, 1.54) is 26.0 Å². The van der Waals surface area contributed by atoms with Gasteiger partial charge in [0.1, 0.15) is 22.8 Å². The lowest BCUT2D eigenvalue weighted by molar-refractivity contribution is 0.0562. The highest BCUT2D eigenvalue weighted by Gasteiger charge is 2.61. The molecule has 0 radical (unpaired) electrons. The predicted molar refractivity (Wildman–Crippen MR) is 99.6 cm³/mol. The molecule has 0 saturated carbocycles. The molecule has 0 amide bonds. The Morgan fingerprint density at radius 2 is 1.31 bits per heavy atom. The van der Waals surface area contributed by atoms with Crippen LogP contribution < -0.4 is 0 Å². The maximum Gasteiger partial charge on any atom is 0.201 e. The number of Topliss-reactive ketones (excluding diaryl/α,β-unsaturated/α-hetero) is 1. The Hall–Kier alpha value is -3.45. The summed E-state index contributed by atoms with van der Waals surface area (Å²) in [6.45, 7) is 4.59. The van der Waals surface area contributed by atoms with Crippen LogP contribution in [0.15, 0.2) is 23.8 Å². The maximum absolute atomic E-state index is 13.3. The van der Waals surface area contributed by atoms with Crippen LogP contribution in [0.25, 0.3) is 0 Å². The van der Waals surface area contributed by atoms with Crippen LogP contribution in [0.1, 0.15) is 67.2 Å². The van der Waals surface area contributed by atoms with Gasteiger partial charge in [-0.1, -0.05) is 0 Å². The van der Waals surface area contributed by atoms with E-state index in [0.717, 1.165) is 6.07 Å². The number of aromatic hydroxyl groups is 3. The van der Waals surface area contributed by atoms with Crippen molar-refractivity contribution in [2.24, 2.45) is 5.41 Å². The number of ketones is 3. The van der Waals surface area contributed by atoms with Crippen molar-refractivity contribution in [1.82, 2.24) is 0 Å². The molecular formula is C22H16O7. The third-order valence-electron chi connectivity index (χ3n) is 6.35. The SMILES string of the molecule is Cc1cc(O)c2c3c1C(=O)C=C1C(C)(C)C(=O)c4c(O)cc(O)c(c4C13O)C2=O. The fourth-order valence-corrected chi connectivity index (χ4v) is 5.08. The molecule has 0 spiro atoms. The highest BCUT2D eigenvalue weighted by atomic mass is 16.3. The van der Waals surface area contributed by atoms with E-state index in [1.807, 2.05) is 0 Å².